The number of carboxylic acid groups (broad SMARTS) is 1. The van der Waals surface area contributed by atoms with Crippen molar-refractivity contribution in [2.75, 3.05) is 37.6 Å². The molecule has 2 aliphatic heterocycles. The molecule has 1 spiro atoms. The van der Waals surface area contributed by atoms with E-state index in [4.69, 9.17) is 5.11 Å². The molecule has 5 rings (SSSR count). The minimum absolute atomic E-state index is 0.0838. The van der Waals surface area contributed by atoms with Gasteiger partial charge in [0.2, 0.25) is 0 Å². The van der Waals surface area contributed by atoms with Gasteiger partial charge in [0.1, 0.15) is 17.0 Å². The molecule has 1 saturated carbocycles. The van der Waals surface area contributed by atoms with Gasteiger partial charge in [0.05, 0.1) is 11.8 Å². The fourth-order valence-corrected chi connectivity index (χ4v) is 7.11. The zero-order valence-electron chi connectivity index (χ0n) is 19.0. The van der Waals surface area contributed by atoms with E-state index < -0.39 is 18.7 Å². The van der Waals surface area contributed by atoms with Gasteiger partial charge in [-0.2, -0.15) is 13.2 Å². The summed E-state index contributed by atoms with van der Waals surface area (Å²) in [6.45, 7) is 4.89. The van der Waals surface area contributed by atoms with Crippen molar-refractivity contribution < 1.29 is 23.1 Å². The number of hydrogen-bond donors (Lipinski definition) is 2. The lowest BCUT2D eigenvalue weighted by atomic mass is 9.85. The van der Waals surface area contributed by atoms with Crippen LogP contribution < -0.4 is 10.2 Å². The third-order valence-electron chi connectivity index (χ3n) is 7.68. The molecule has 1 amide bonds. The van der Waals surface area contributed by atoms with Crippen molar-refractivity contribution in [2.24, 2.45) is 11.3 Å². The molecule has 34 heavy (non-hydrogen) atoms. The Hall–Kier alpha value is -2.14. The maximum absolute atomic E-state index is 12.9. The lowest BCUT2D eigenvalue weighted by Crippen LogP contribution is -2.39. The number of likely N-dealkylation sites (tertiary alicyclic amines) is 1. The molecular formula is C23H30F3N5O2S. The number of hydrogen-bond acceptors (Lipinski definition) is 6. The first-order chi connectivity index (χ1) is 16.2. The van der Waals surface area contributed by atoms with Gasteiger partial charge in [-0.3, -0.25) is 0 Å². The molecule has 3 aliphatic rings. The molecule has 11 heteroatoms. The van der Waals surface area contributed by atoms with Gasteiger partial charge in [0.15, 0.2) is 0 Å². The zero-order chi connectivity index (χ0) is 23.9. The molecule has 3 fully saturated rings. The second kappa shape index (κ2) is 9.14. The van der Waals surface area contributed by atoms with Crippen LogP contribution in [-0.4, -0.2) is 71.0 Å². The van der Waals surface area contributed by atoms with Crippen LogP contribution in [0, 0.1) is 11.3 Å². The molecule has 7 nitrogen and oxygen atoms in total. The summed E-state index contributed by atoms with van der Waals surface area (Å²) in [5, 5.41) is 12.3. The van der Waals surface area contributed by atoms with Gasteiger partial charge in [0, 0.05) is 42.5 Å². The summed E-state index contributed by atoms with van der Waals surface area (Å²) >= 11 is 1.10. The molecular weight excluding hydrogens is 467 g/mol. The number of amides is 1. The summed E-state index contributed by atoms with van der Waals surface area (Å²) in [7, 11) is 0. The van der Waals surface area contributed by atoms with Gasteiger partial charge < -0.3 is 20.2 Å². The Morgan fingerprint density at radius 1 is 1.18 bits per heavy atom. The van der Waals surface area contributed by atoms with Gasteiger partial charge in [-0.05, 0) is 57.1 Å². The van der Waals surface area contributed by atoms with E-state index in [1.807, 2.05) is 0 Å². The topological polar surface area (TPSA) is 81.6 Å². The van der Waals surface area contributed by atoms with Crippen molar-refractivity contribution in [1.29, 1.82) is 0 Å². The summed E-state index contributed by atoms with van der Waals surface area (Å²) in [6, 6.07) is 1.70. The Balaban J connectivity index is 1.19. The molecule has 2 aromatic rings. The first-order valence-electron chi connectivity index (χ1n) is 11.9. The molecule has 2 N–H and O–H groups in total. The van der Waals surface area contributed by atoms with E-state index in [9.17, 15) is 18.0 Å². The SMILES string of the molecule is O=C(O)N[C@H]1CC[C@H](CN2CCC3(CCN(c4ncnc5sc(CC(F)(F)F)cc45)C3)C2)CC1. The van der Waals surface area contributed by atoms with Crippen molar-refractivity contribution >= 4 is 33.5 Å². The maximum atomic E-state index is 12.9. The average Bonchev–Trinajstić information content (AvgIpc) is 3.46. The number of thiophene rings is 1. The van der Waals surface area contributed by atoms with Crippen LogP contribution in [0.1, 0.15) is 43.4 Å². The Morgan fingerprint density at radius 2 is 1.94 bits per heavy atom. The van der Waals surface area contributed by atoms with Gasteiger partial charge in [0.25, 0.3) is 0 Å². The van der Waals surface area contributed by atoms with E-state index in [0.717, 1.165) is 93.8 Å². The largest absolute Gasteiger partial charge is 0.465 e. The highest BCUT2D eigenvalue weighted by Crippen LogP contribution is 2.43. The fraction of sp³-hybridized carbons (Fsp3) is 0.696. The maximum Gasteiger partial charge on any atom is 0.404 e. The standard InChI is InChI=1S/C23H30F3N5O2S/c24-23(25,26)10-17-9-18-19(27-14-28-20(18)34-17)31-8-6-22(13-31)5-7-30(12-22)11-15-1-3-16(4-2-15)29-21(32)33/h9,14-16,29H,1-8,10-13H2,(H,32,33)/t15-,16-,22?. The van der Waals surface area contributed by atoms with Crippen LogP contribution in [0.4, 0.5) is 23.8 Å². The molecule has 186 valence electrons. The lowest BCUT2D eigenvalue weighted by Gasteiger charge is -2.32. The van der Waals surface area contributed by atoms with Crippen LogP contribution in [-0.2, 0) is 6.42 Å². The number of rotatable bonds is 5. The van der Waals surface area contributed by atoms with Crippen LogP contribution in [0.3, 0.4) is 0 Å². The first-order valence-corrected chi connectivity index (χ1v) is 12.8. The average molecular weight is 498 g/mol. The number of fused-ring (bicyclic) bond motifs is 1. The summed E-state index contributed by atoms with van der Waals surface area (Å²) in [5.74, 6) is 1.37. The van der Waals surface area contributed by atoms with Crippen LogP contribution in [0.25, 0.3) is 10.2 Å². The summed E-state index contributed by atoms with van der Waals surface area (Å²) in [5.41, 5.74) is 0.199. The Labute approximate surface area is 200 Å². The molecule has 2 saturated heterocycles. The van der Waals surface area contributed by atoms with E-state index in [1.165, 1.54) is 6.33 Å². The monoisotopic (exact) mass is 497 g/mol. The van der Waals surface area contributed by atoms with E-state index in [0.29, 0.717) is 10.7 Å². The van der Waals surface area contributed by atoms with Gasteiger partial charge in [-0.1, -0.05) is 0 Å². The zero-order valence-corrected chi connectivity index (χ0v) is 19.8. The van der Waals surface area contributed by atoms with E-state index in [1.54, 1.807) is 6.07 Å². The molecule has 2 aromatic heterocycles. The molecule has 0 bridgehead atoms. The van der Waals surface area contributed by atoms with Crippen LogP contribution >= 0.6 is 11.3 Å². The highest BCUT2D eigenvalue weighted by molar-refractivity contribution is 7.18. The first kappa shape index (κ1) is 23.6. The number of halogens is 3. The summed E-state index contributed by atoms with van der Waals surface area (Å²) in [4.78, 5) is 25.2. The Morgan fingerprint density at radius 3 is 2.68 bits per heavy atom. The molecule has 0 aromatic carbocycles. The van der Waals surface area contributed by atoms with Gasteiger partial charge in [-0.15, -0.1) is 11.3 Å². The highest BCUT2D eigenvalue weighted by atomic mass is 32.1. The second-order valence-corrected chi connectivity index (χ2v) is 11.4. The van der Waals surface area contributed by atoms with Crippen LogP contribution in [0.2, 0.25) is 0 Å². The smallest absolute Gasteiger partial charge is 0.404 e. The highest BCUT2D eigenvalue weighted by Gasteiger charge is 2.44. The minimum Gasteiger partial charge on any atom is -0.465 e. The quantitative estimate of drug-likeness (QED) is 0.632. The molecule has 0 radical (unpaired) electrons. The number of nitrogens with zero attached hydrogens (tertiary/aromatic N) is 4. The molecule has 4 heterocycles. The number of carbonyl (C=O) groups is 1. The summed E-state index contributed by atoms with van der Waals surface area (Å²) < 4.78 is 38.6. The molecule has 1 atom stereocenters. The second-order valence-electron chi connectivity index (χ2n) is 10.2. The van der Waals surface area contributed by atoms with Crippen molar-refractivity contribution in [1.82, 2.24) is 20.2 Å². The van der Waals surface area contributed by atoms with Gasteiger partial charge >= 0.3 is 12.3 Å². The normalized spacial score (nSPS) is 28.3. The Kier molecular flexibility index (Phi) is 6.34. The fourth-order valence-electron chi connectivity index (χ4n) is 6.09. The predicted molar refractivity (Wildman–Crippen MR) is 124 cm³/mol. The number of aromatic nitrogens is 2. The van der Waals surface area contributed by atoms with Crippen LogP contribution in [0.15, 0.2) is 12.4 Å². The van der Waals surface area contributed by atoms with E-state index >= 15 is 0 Å². The Bertz CT molecular complexity index is 1040. The van der Waals surface area contributed by atoms with Crippen molar-refractivity contribution in [2.45, 2.75) is 57.2 Å². The van der Waals surface area contributed by atoms with E-state index in [2.05, 4.69) is 25.1 Å². The minimum atomic E-state index is -4.23. The van der Waals surface area contributed by atoms with E-state index in [-0.39, 0.29) is 16.3 Å². The van der Waals surface area contributed by atoms with Crippen molar-refractivity contribution in [3.05, 3.63) is 17.3 Å². The molecule has 1 unspecified atom stereocenters. The third kappa shape index (κ3) is 5.25. The molecule has 1 aliphatic carbocycles. The van der Waals surface area contributed by atoms with Crippen molar-refractivity contribution in [3.63, 3.8) is 0 Å². The number of alkyl halides is 3. The van der Waals surface area contributed by atoms with Crippen LogP contribution in [0.5, 0.6) is 0 Å². The lowest BCUT2D eigenvalue weighted by molar-refractivity contribution is -0.126. The summed E-state index contributed by atoms with van der Waals surface area (Å²) in [6.07, 6.45) is 1.47. The van der Waals surface area contributed by atoms with Crippen molar-refractivity contribution in [3.8, 4) is 0 Å². The number of anilines is 1. The van der Waals surface area contributed by atoms with Gasteiger partial charge in [-0.25, -0.2) is 14.8 Å². The third-order valence-corrected chi connectivity index (χ3v) is 8.72. The predicted octanol–water partition coefficient (Wildman–Crippen LogP) is 4.52. The number of nitrogens with one attached hydrogen (secondary N) is 1.